The monoisotopic (exact) mass is 171 g/mol. The predicted octanol–water partition coefficient (Wildman–Crippen LogP) is 1.33. The topological polar surface area (TPSA) is 40.5 Å². The molecule has 0 saturated carbocycles. The van der Waals surface area contributed by atoms with Crippen molar-refractivity contribution in [3.8, 4) is 0 Å². The van der Waals surface area contributed by atoms with Crippen molar-refractivity contribution < 1.29 is 9.90 Å². The molecule has 2 atom stereocenters. The molecule has 1 heterocycles. The Morgan fingerprint density at radius 3 is 2.75 bits per heavy atom. The highest BCUT2D eigenvalue weighted by atomic mass is 16.4. The van der Waals surface area contributed by atoms with Gasteiger partial charge in [-0.2, -0.15) is 0 Å². The zero-order valence-electron chi connectivity index (χ0n) is 7.79. The first-order valence-corrected chi connectivity index (χ1v) is 4.61. The van der Waals surface area contributed by atoms with Crippen LogP contribution in [0.15, 0.2) is 0 Å². The average Bonchev–Trinajstić information content (AvgIpc) is 2.04. The van der Waals surface area contributed by atoms with Crippen LogP contribution in [0, 0.1) is 0 Å². The summed E-state index contributed by atoms with van der Waals surface area (Å²) >= 11 is 0. The second-order valence-corrected chi connectivity index (χ2v) is 3.60. The minimum Gasteiger partial charge on any atom is -0.480 e. The Labute approximate surface area is 73.4 Å². The molecule has 1 aliphatic rings. The van der Waals surface area contributed by atoms with E-state index in [4.69, 9.17) is 5.11 Å². The highest BCUT2D eigenvalue weighted by molar-refractivity contribution is 5.72. The summed E-state index contributed by atoms with van der Waals surface area (Å²) in [5, 5.41) is 8.81. The molecule has 70 valence electrons. The zero-order valence-corrected chi connectivity index (χ0v) is 7.79. The van der Waals surface area contributed by atoms with Gasteiger partial charge >= 0.3 is 5.97 Å². The molecular formula is C9H17NO2. The molecule has 0 aliphatic carbocycles. The quantitative estimate of drug-likeness (QED) is 0.681. The number of rotatable bonds is 2. The highest BCUT2D eigenvalue weighted by Gasteiger charge is 2.26. The lowest BCUT2D eigenvalue weighted by Gasteiger charge is -2.35. The van der Waals surface area contributed by atoms with Crippen molar-refractivity contribution in [1.29, 1.82) is 0 Å². The maximum Gasteiger partial charge on any atom is 0.320 e. The lowest BCUT2D eigenvalue weighted by molar-refractivity contribution is -0.144. The van der Waals surface area contributed by atoms with Crippen molar-refractivity contribution in [3.63, 3.8) is 0 Å². The summed E-state index contributed by atoms with van der Waals surface area (Å²) in [7, 11) is 0. The molecule has 0 aromatic carbocycles. The average molecular weight is 171 g/mol. The minimum absolute atomic E-state index is 0.319. The standard InChI is InChI=1S/C9H17NO2/c1-7-5-3-4-6-10(7)8(2)9(11)12/h7-8H,3-6H2,1-2H3,(H,11,12)/t7-,8-/m0/s1. The van der Waals surface area contributed by atoms with Crippen LogP contribution in [0.4, 0.5) is 0 Å². The van der Waals surface area contributed by atoms with E-state index in [1.165, 1.54) is 6.42 Å². The van der Waals surface area contributed by atoms with Gasteiger partial charge in [-0.25, -0.2) is 0 Å². The summed E-state index contributed by atoms with van der Waals surface area (Å²) in [5.41, 5.74) is 0. The van der Waals surface area contributed by atoms with Crippen molar-refractivity contribution >= 4 is 5.97 Å². The van der Waals surface area contributed by atoms with Crippen LogP contribution in [-0.2, 0) is 4.79 Å². The first-order valence-electron chi connectivity index (χ1n) is 4.61. The third-order valence-corrected chi connectivity index (χ3v) is 2.71. The number of piperidine rings is 1. The van der Waals surface area contributed by atoms with E-state index in [1.54, 1.807) is 6.92 Å². The Morgan fingerprint density at radius 2 is 2.25 bits per heavy atom. The highest BCUT2D eigenvalue weighted by Crippen LogP contribution is 2.18. The fraction of sp³-hybridized carbons (Fsp3) is 0.889. The number of hydrogen-bond donors (Lipinski definition) is 1. The van der Waals surface area contributed by atoms with Crippen molar-refractivity contribution in [2.24, 2.45) is 0 Å². The summed E-state index contributed by atoms with van der Waals surface area (Å²) in [6.07, 6.45) is 3.52. The Bertz CT molecular complexity index is 170. The Hall–Kier alpha value is -0.570. The molecule has 0 bridgehead atoms. The van der Waals surface area contributed by atoms with E-state index >= 15 is 0 Å². The van der Waals surface area contributed by atoms with E-state index < -0.39 is 5.97 Å². The zero-order chi connectivity index (χ0) is 9.14. The lowest BCUT2D eigenvalue weighted by Crippen LogP contribution is -2.47. The van der Waals surface area contributed by atoms with E-state index in [0.717, 1.165) is 19.4 Å². The van der Waals surface area contributed by atoms with E-state index in [2.05, 4.69) is 11.8 Å². The molecule has 0 aromatic heterocycles. The summed E-state index contributed by atoms with van der Waals surface area (Å²) in [6, 6.07) is 0.116. The SMILES string of the molecule is C[C@H]1CCCCN1[C@@H](C)C(=O)O. The van der Waals surface area contributed by atoms with Crippen LogP contribution in [0.2, 0.25) is 0 Å². The van der Waals surface area contributed by atoms with Crippen molar-refractivity contribution in [1.82, 2.24) is 4.90 Å². The third-order valence-electron chi connectivity index (χ3n) is 2.71. The molecule has 12 heavy (non-hydrogen) atoms. The van der Waals surface area contributed by atoms with Crippen LogP contribution in [-0.4, -0.2) is 34.6 Å². The van der Waals surface area contributed by atoms with Gasteiger partial charge in [0.2, 0.25) is 0 Å². The second kappa shape index (κ2) is 3.90. The maximum atomic E-state index is 10.7. The predicted molar refractivity (Wildman–Crippen MR) is 47.1 cm³/mol. The first-order chi connectivity index (χ1) is 5.63. The fourth-order valence-corrected chi connectivity index (χ4v) is 1.84. The van der Waals surface area contributed by atoms with E-state index in [1.807, 2.05) is 0 Å². The number of aliphatic carboxylic acids is 1. The van der Waals surface area contributed by atoms with Gasteiger partial charge in [-0.15, -0.1) is 0 Å². The van der Waals surface area contributed by atoms with Crippen LogP contribution in [0.5, 0.6) is 0 Å². The van der Waals surface area contributed by atoms with Crippen LogP contribution < -0.4 is 0 Å². The fourth-order valence-electron chi connectivity index (χ4n) is 1.84. The number of carboxylic acids is 1. The van der Waals surface area contributed by atoms with Crippen LogP contribution in [0.3, 0.4) is 0 Å². The smallest absolute Gasteiger partial charge is 0.320 e. The first kappa shape index (κ1) is 9.52. The molecule has 1 saturated heterocycles. The van der Waals surface area contributed by atoms with Crippen LogP contribution in [0.25, 0.3) is 0 Å². The number of nitrogens with zero attached hydrogens (tertiary/aromatic N) is 1. The van der Waals surface area contributed by atoms with Crippen molar-refractivity contribution in [2.75, 3.05) is 6.54 Å². The molecule has 0 spiro atoms. The third kappa shape index (κ3) is 1.97. The summed E-state index contributed by atoms with van der Waals surface area (Å²) in [6.45, 7) is 4.82. The molecule has 0 aromatic rings. The molecule has 0 radical (unpaired) electrons. The molecule has 1 fully saturated rings. The molecule has 0 amide bonds. The molecule has 1 rings (SSSR count). The van der Waals surface area contributed by atoms with Crippen LogP contribution >= 0.6 is 0 Å². The van der Waals surface area contributed by atoms with E-state index in [9.17, 15) is 4.79 Å². The van der Waals surface area contributed by atoms with Gasteiger partial charge in [0, 0.05) is 6.04 Å². The molecular weight excluding hydrogens is 154 g/mol. The summed E-state index contributed by atoms with van der Waals surface area (Å²) in [4.78, 5) is 12.8. The number of hydrogen-bond acceptors (Lipinski definition) is 2. The Kier molecular flexibility index (Phi) is 3.09. The van der Waals surface area contributed by atoms with Gasteiger partial charge in [-0.05, 0) is 33.2 Å². The maximum absolute atomic E-state index is 10.7. The number of likely N-dealkylation sites (tertiary alicyclic amines) is 1. The Morgan fingerprint density at radius 1 is 1.58 bits per heavy atom. The molecule has 3 nitrogen and oxygen atoms in total. The van der Waals surface area contributed by atoms with Gasteiger partial charge in [-0.1, -0.05) is 6.42 Å². The largest absolute Gasteiger partial charge is 0.480 e. The van der Waals surface area contributed by atoms with E-state index in [-0.39, 0.29) is 6.04 Å². The summed E-state index contributed by atoms with van der Waals surface area (Å²) < 4.78 is 0. The van der Waals surface area contributed by atoms with Gasteiger partial charge < -0.3 is 5.11 Å². The van der Waals surface area contributed by atoms with E-state index in [0.29, 0.717) is 6.04 Å². The van der Waals surface area contributed by atoms with Gasteiger partial charge in [0.05, 0.1) is 0 Å². The molecule has 1 N–H and O–H groups in total. The minimum atomic E-state index is -0.705. The normalized spacial score (nSPS) is 28.3. The van der Waals surface area contributed by atoms with Gasteiger partial charge in [0.15, 0.2) is 0 Å². The second-order valence-electron chi connectivity index (χ2n) is 3.60. The van der Waals surface area contributed by atoms with Gasteiger partial charge in [0.25, 0.3) is 0 Å². The lowest BCUT2D eigenvalue weighted by atomic mass is 10.0. The number of carbonyl (C=O) groups is 1. The van der Waals surface area contributed by atoms with Crippen molar-refractivity contribution in [2.45, 2.75) is 45.2 Å². The Balaban J connectivity index is 2.53. The molecule has 0 unspecified atom stereocenters. The van der Waals surface area contributed by atoms with Crippen molar-refractivity contribution in [3.05, 3.63) is 0 Å². The van der Waals surface area contributed by atoms with Gasteiger partial charge in [0.1, 0.15) is 6.04 Å². The van der Waals surface area contributed by atoms with Crippen LogP contribution in [0.1, 0.15) is 33.1 Å². The molecule has 1 aliphatic heterocycles. The number of carboxylic acid groups (broad SMARTS) is 1. The summed E-state index contributed by atoms with van der Waals surface area (Å²) in [5.74, 6) is -0.705. The van der Waals surface area contributed by atoms with Gasteiger partial charge in [-0.3, -0.25) is 9.69 Å². The molecule has 3 heteroatoms.